The third-order valence-corrected chi connectivity index (χ3v) is 1.36. The number of hydrazine groups is 2. The Labute approximate surface area is 60.2 Å². The van der Waals surface area contributed by atoms with Crippen molar-refractivity contribution >= 4 is 0 Å². The second kappa shape index (κ2) is 2.68. The van der Waals surface area contributed by atoms with E-state index >= 15 is 0 Å². The number of nitrogens with zero attached hydrogens (tertiary/aromatic N) is 1. The van der Waals surface area contributed by atoms with Crippen molar-refractivity contribution < 1.29 is 0 Å². The summed E-state index contributed by atoms with van der Waals surface area (Å²) in [6, 6.07) is 0. The third-order valence-electron chi connectivity index (χ3n) is 1.36. The SMILES string of the molecule is C=C1C=CC=C(N(N)N)C1. The Kier molecular flexibility index (Phi) is 1.89. The van der Waals surface area contributed by atoms with Crippen LogP contribution in [0.15, 0.2) is 36.1 Å². The molecule has 0 aromatic rings. The van der Waals surface area contributed by atoms with Gasteiger partial charge in [-0.25, -0.2) is 11.7 Å². The highest BCUT2D eigenvalue weighted by Gasteiger charge is 2.03. The van der Waals surface area contributed by atoms with Crippen LogP contribution in [-0.2, 0) is 0 Å². The van der Waals surface area contributed by atoms with Crippen LogP contribution in [0.5, 0.6) is 0 Å². The van der Waals surface area contributed by atoms with Crippen molar-refractivity contribution in [2.45, 2.75) is 6.42 Å². The predicted octanol–water partition coefficient (Wildman–Crippen LogP) is 0.436. The molecular formula is C7H11N3. The monoisotopic (exact) mass is 137 g/mol. The summed E-state index contributed by atoms with van der Waals surface area (Å²) in [6.45, 7) is 3.78. The topological polar surface area (TPSA) is 55.3 Å². The van der Waals surface area contributed by atoms with Gasteiger partial charge in [0.1, 0.15) is 0 Å². The molecule has 0 aromatic carbocycles. The Morgan fingerprint density at radius 3 is 2.60 bits per heavy atom. The highest BCUT2D eigenvalue weighted by atomic mass is 15.6. The van der Waals surface area contributed by atoms with Gasteiger partial charge in [-0.3, -0.25) is 5.12 Å². The van der Waals surface area contributed by atoms with Crippen LogP contribution in [0.2, 0.25) is 0 Å². The van der Waals surface area contributed by atoms with E-state index in [1.807, 2.05) is 18.2 Å². The van der Waals surface area contributed by atoms with Crippen LogP contribution in [0.1, 0.15) is 6.42 Å². The third kappa shape index (κ3) is 1.46. The van der Waals surface area contributed by atoms with E-state index in [-0.39, 0.29) is 0 Å². The van der Waals surface area contributed by atoms with Crippen molar-refractivity contribution in [3.05, 3.63) is 36.1 Å². The van der Waals surface area contributed by atoms with E-state index in [1.54, 1.807) is 0 Å². The fraction of sp³-hybridized carbons (Fsp3) is 0.143. The maximum absolute atomic E-state index is 5.30. The Bertz CT molecular complexity index is 201. The van der Waals surface area contributed by atoms with Crippen LogP contribution in [0.25, 0.3) is 0 Å². The molecule has 0 spiro atoms. The van der Waals surface area contributed by atoms with Crippen LogP contribution < -0.4 is 11.7 Å². The molecule has 0 saturated carbocycles. The van der Waals surface area contributed by atoms with Crippen molar-refractivity contribution in [3.63, 3.8) is 0 Å². The Hall–Kier alpha value is -1.06. The summed E-state index contributed by atoms with van der Waals surface area (Å²) in [5.74, 6) is 10.6. The van der Waals surface area contributed by atoms with Gasteiger partial charge < -0.3 is 0 Å². The van der Waals surface area contributed by atoms with Gasteiger partial charge in [-0.1, -0.05) is 18.7 Å². The van der Waals surface area contributed by atoms with Gasteiger partial charge in [0.2, 0.25) is 0 Å². The van der Waals surface area contributed by atoms with Crippen molar-refractivity contribution in [1.29, 1.82) is 0 Å². The minimum atomic E-state index is 0.740. The number of hydrogen-bond donors (Lipinski definition) is 2. The largest absolute Gasteiger partial charge is 0.251 e. The molecule has 0 aromatic heterocycles. The van der Waals surface area contributed by atoms with Gasteiger partial charge >= 0.3 is 0 Å². The average Bonchev–Trinajstić information content (AvgIpc) is 1.88. The second-order valence-electron chi connectivity index (χ2n) is 2.26. The first kappa shape index (κ1) is 7.05. The van der Waals surface area contributed by atoms with Gasteiger partial charge in [0.25, 0.3) is 0 Å². The summed E-state index contributed by atoms with van der Waals surface area (Å²) in [5.41, 5.74) is 1.91. The Balaban J connectivity index is 2.70. The first-order chi connectivity index (χ1) is 4.70. The molecule has 3 heteroatoms. The molecule has 0 atom stereocenters. The minimum Gasteiger partial charge on any atom is -0.251 e. The summed E-state index contributed by atoms with van der Waals surface area (Å²) in [6.07, 6.45) is 6.43. The predicted molar refractivity (Wildman–Crippen MR) is 41.2 cm³/mol. The molecule has 4 N–H and O–H groups in total. The average molecular weight is 137 g/mol. The Morgan fingerprint density at radius 2 is 2.20 bits per heavy atom. The van der Waals surface area contributed by atoms with E-state index in [4.69, 9.17) is 11.7 Å². The van der Waals surface area contributed by atoms with E-state index in [2.05, 4.69) is 6.58 Å². The van der Waals surface area contributed by atoms with E-state index < -0.39 is 0 Å². The second-order valence-corrected chi connectivity index (χ2v) is 2.26. The van der Waals surface area contributed by atoms with Crippen molar-refractivity contribution in [1.82, 2.24) is 5.12 Å². The number of hydrogen-bond acceptors (Lipinski definition) is 3. The molecule has 3 nitrogen and oxygen atoms in total. The number of rotatable bonds is 1. The molecule has 1 rings (SSSR count). The fourth-order valence-electron chi connectivity index (χ4n) is 0.823. The zero-order chi connectivity index (χ0) is 7.56. The minimum absolute atomic E-state index is 0.740. The summed E-state index contributed by atoms with van der Waals surface area (Å²) in [5, 5.41) is 1.12. The fourth-order valence-corrected chi connectivity index (χ4v) is 0.823. The van der Waals surface area contributed by atoms with Crippen LogP contribution in [0, 0.1) is 0 Å². The molecule has 0 fully saturated rings. The van der Waals surface area contributed by atoms with Gasteiger partial charge in [0.05, 0.1) is 5.70 Å². The Morgan fingerprint density at radius 1 is 1.50 bits per heavy atom. The quantitative estimate of drug-likeness (QED) is 0.407. The van der Waals surface area contributed by atoms with E-state index in [0.717, 1.165) is 22.8 Å². The lowest BCUT2D eigenvalue weighted by molar-refractivity contribution is 0.367. The lowest BCUT2D eigenvalue weighted by Gasteiger charge is -2.17. The maximum Gasteiger partial charge on any atom is 0.0514 e. The van der Waals surface area contributed by atoms with Crippen LogP contribution >= 0.6 is 0 Å². The smallest absolute Gasteiger partial charge is 0.0514 e. The first-order valence-electron chi connectivity index (χ1n) is 3.04. The molecule has 0 amide bonds. The van der Waals surface area contributed by atoms with E-state index in [1.165, 1.54) is 0 Å². The molecule has 1 aliphatic rings. The van der Waals surface area contributed by atoms with Gasteiger partial charge in [-0.05, 0) is 11.6 Å². The van der Waals surface area contributed by atoms with Gasteiger partial charge in [-0.2, -0.15) is 0 Å². The number of allylic oxidation sites excluding steroid dienone is 4. The highest BCUT2D eigenvalue weighted by molar-refractivity contribution is 5.31. The normalized spacial score (nSPS) is 17.0. The summed E-state index contributed by atoms with van der Waals surface area (Å²) < 4.78 is 0. The van der Waals surface area contributed by atoms with E-state index in [0.29, 0.717) is 0 Å². The number of nitrogens with two attached hydrogens (primary N) is 2. The zero-order valence-corrected chi connectivity index (χ0v) is 5.75. The van der Waals surface area contributed by atoms with Crippen molar-refractivity contribution in [2.75, 3.05) is 0 Å². The summed E-state index contributed by atoms with van der Waals surface area (Å²) >= 11 is 0. The lowest BCUT2D eigenvalue weighted by atomic mass is 10.1. The molecule has 0 radical (unpaired) electrons. The van der Waals surface area contributed by atoms with Crippen LogP contribution in [-0.4, -0.2) is 5.12 Å². The molecule has 0 heterocycles. The highest BCUT2D eigenvalue weighted by Crippen LogP contribution is 2.15. The van der Waals surface area contributed by atoms with Crippen molar-refractivity contribution in [3.8, 4) is 0 Å². The molecule has 1 aliphatic carbocycles. The molecule has 0 bridgehead atoms. The standard InChI is InChI=1S/C7H11N3/c1-6-3-2-4-7(5-6)10(8)9/h2-4H,1,5,8-9H2. The summed E-state index contributed by atoms with van der Waals surface area (Å²) in [4.78, 5) is 0. The first-order valence-corrected chi connectivity index (χ1v) is 3.04. The molecule has 0 unspecified atom stereocenters. The zero-order valence-electron chi connectivity index (χ0n) is 5.75. The van der Waals surface area contributed by atoms with Crippen LogP contribution in [0.3, 0.4) is 0 Å². The molecule has 10 heavy (non-hydrogen) atoms. The molecular weight excluding hydrogens is 126 g/mol. The maximum atomic E-state index is 5.30. The lowest BCUT2D eigenvalue weighted by Crippen LogP contribution is -2.37. The summed E-state index contributed by atoms with van der Waals surface area (Å²) in [7, 11) is 0. The van der Waals surface area contributed by atoms with Gasteiger partial charge in [-0.15, -0.1) is 0 Å². The van der Waals surface area contributed by atoms with Crippen molar-refractivity contribution in [2.24, 2.45) is 11.7 Å². The van der Waals surface area contributed by atoms with E-state index in [9.17, 15) is 0 Å². The van der Waals surface area contributed by atoms with Crippen LogP contribution in [0.4, 0.5) is 0 Å². The molecule has 0 saturated heterocycles. The molecule has 0 aliphatic heterocycles. The van der Waals surface area contributed by atoms with Gasteiger partial charge in [0, 0.05) is 6.42 Å². The molecule has 54 valence electrons. The van der Waals surface area contributed by atoms with Gasteiger partial charge in [0.15, 0.2) is 0 Å².